The highest BCUT2D eigenvalue weighted by molar-refractivity contribution is 7.12. The average Bonchev–Trinajstić information content (AvgIpc) is 2.61. The highest BCUT2D eigenvalue weighted by atomic mass is 32.1. The zero-order valence-corrected chi connectivity index (χ0v) is 13.4. The lowest BCUT2D eigenvalue weighted by molar-refractivity contribution is -0.141. The molecule has 112 valence electrons. The van der Waals surface area contributed by atoms with Crippen LogP contribution in [-0.4, -0.2) is 23.1 Å². The van der Waals surface area contributed by atoms with E-state index in [-0.39, 0.29) is 0 Å². The number of carbonyl (C=O) groups excluding carboxylic acids is 1. The maximum atomic E-state index is 11.8. The van der Waals surface area contributed by atoms with Gasteiger partial charge >= 0.3 is 12.0 Å². The van der Waals surface area contributed by atoms with Gasteiger partial charge in [0.2, 0.25) is 0 Å². The Bertz CT molecular complexity index is 484. The Hall–Kier alpha value is -1.56. The number of aliphatic carboxylic acids is 1. The summed E-state index contributed by atoms with van der Waals surface area (Å²) in [6, 6.07) is 0.643. The molecule has 0 aliphatic carbocycles. The summed E-state index contributed by atoms with van der Waals surface area (Å²) in [6.45, 7) is 9.79. The predicted molar refractivity (Wildman–Crippen MR) is 80.0 cm³/mol. The summed E-state index contributed by atoms with van der Waals surface area (Å²) < 4.78 is 0. The third-order valence-corrected chi connectivity index (χ3v) is 4.18. The maximum absolute atomic E-state index is 11.8. The van der Waals surface area contributed by atoms with Crippen molar-refractivity contribution in [1.29, 1.82) is 0 Å². The number of aryl methyl sites for hydroxylation is 2. The van der Waals surface area contributed by atoms with Crippen molar-refractivity contribution in [3.05, 3.63) is 21.4 Å². The van der Waals surface area contributed by atoms with Gasteiger partial charge in [-0.05, 0) is 30.9 Å². The molecule has 0 saturated heterocycles. The third-order valence-electron chi connectivity index (χ3n) is 3.03. The second-order valence-electron chi connectivity index (χ2n) is 5.92. The molecule has 20 heavy (non-hydrogen) atoms. The van der Waals surface area contributed by atoms with E-state index >= 15 is 0 Å². The summed E-state index contributed by atoms with van der Waals surface area (Å²) in [5.41, 5.74) is 0.657. The molecular weight excluding hydrogens is 276 g/mol. The number of carbonyl (C=O) groups is 2. The Morgan fingerprint density at radius 1 is 1.35 bits per heavy atom. The van der Waals surface area contributed by atoms with E-state index in [9.17, 15) is 9.59 Å². The van der Waals surface area contributed by atoms with E-state index in [2.05, 4.69) is 10.6 Å². The molecule has 0 aromatic carbocycles. The minimum Gasteiger partial charge on any atom is -0.480 e. The SMILES string of the molecule is Cc1cc(CNC(=O)NC(C(=O)O)C(C)(C)C)sc1C. The molecule has 3 N–H and O–H groups in total. The first kappa shape index (κ1) is 16.5. The highest BCUT2D eigenvalue weighted by Crippen LogP contribution is 2.21. The van der Waals surface area contributed by atoms with Gasteiger partial charge in [0.15, 0.2) is 0 Å². The number of thiophene rings is 1. The van der Waals surface area contributed by atoms with Gasteiger partial charge in [0, 0.05) is 9.75 Å². The first-order valence-electron chi connectivity index (χ1n) is 6.44. The number of hydrogen-bond acceptors (Lipinski definition) is 3. The van der Waals surface area contributed by atoms with Crippen molar-refractivity contribution in [2.24, 2.45) is 5.41 Å². The highest BCUT2D eigenvalue weighted by Gasteiger charge is 2.32. The van der Waals surface area contributed by atoms with Gasteiger partial charge in [0.25, 0.3) is 0 Å². The average molecular weight is 298 g/mol. The van der Waals surface area contributed by atoms with E-state index in [0.29, 0.717) is 6.54 Å². The molecule has 1 aromatic heterocycles. The minimum atomic E-state index is -1.03. The standard InChI is InChI=1S/C14H22N2O3S/c1-8-6-10(20-9(8)2)7-15-13(19)16-11(12(17)18)14(3,4)5/h6,11H,7H2,1-5H3,(H,17,18)(H2,15,16,19). The van der Waals surface area contributed by atoms with Gasteiger partial charge in [-0.3, -0.25) is 0 Å². The quantitative estimate of drug-likeness (QED) is 0.799. The predicted octanol–water partition coefficient (Wildman–Crippen LogP) is 2.66. The van der Waals surface area contributed by atoms with Crippen molar-refractivity contribution in [3.63, 3.8) is 0 Å². The van der Waals surface area contributed by atoms with Gasteiger partial charge in [-0.15, -0.1) is 11.3 Å². The van der Waals surface area contributed by atoms with Crippen LogP contribution >= 0.6 is 11.3 Å². The van der Waals surface area contributed by atoms with Crippen LogP contribution in [0.15, 0.2) is 6.07 Å². The van der Waals surface area contributed by atoms with E-state index in [4.69, 9.17) is 5.11 Å². The molecule has 6 heteroatoms. The van der Waals surface area contributed by atoms with E-state index in [1.807, 2.05) is 19.9 Å². The number of urea groups is 1. The fourth-order valence-electron chi connectivity index (χ4n) is 1.74. The summed E-state index contributed by atoms with van der Waals surface area (Å²) in [4.78, 5) is 25.2. The number of rotatable bonds is 4. The van der Waals surface area contributed by atoms with Crippen molar-refractivity contribution >= 4 is 23.3 Å². The summed E-state index contributed by atoms with van der Waals surface area (Å²) in [6.07, 6.45) is 0. The van der Waals surface area contributed by atoms with E-state index in [0.717, 1.165) is 4.88 Å². The smallest absolute Gasteiger partial charge is 0.326 e. The van der Waals surface area contributed by atoms with Crippen molar-refractivity contribution in [2.75, 3.05) is 0 Å². The van der Waals surface area contributed by atoms with Crippen molar-refractivity contribution in [1.82, 2.24) is 10.6 Å². The van der Waals surface area contributed by atoms with Gasteiger partial charge < -0.3 is 15.7 Å². The Balaban J connectivity index is 2.56. The van der Waals surface area contributed by atoms with Gasteiger partial charge in [-0.2, -0.15) is 0 Å². The fourth-order valence-corrected chi connectivity index (χ4v) is 2.73. The molecule has 0 saturated carbocycles. The molecule has 1 rings (SSSR count). The van der Waals surface area contributed by atoms with E-state index < -0.39 is 23.5 Å². The second kappa shape index (κ2) is 6.26. The fraction of sp³-hybridized carbons (Fsp3) is 0.571. The van der Waals surface area contributed by atoms with Crippen LogP contribution in [0.1, 0.15) is 36.1 Å². The van der Waals surface area contributed by atoms with Crippen LogP contribution in [0.5, 0.6) is 0 Å². The van der Waals surface area contributed by atoms with Crippen molar-refractivity contribution in [2.45, 2.75) is 47.2 Å². The van der Waals surface area contributed by atoms with Crippen LogP contribution < -0.4 is 10.6 Å². The Kier molecular flexibility index (Phi) is 5.16. The molecule has 2 amide bonds. The lowest BCUT2D eigenvalue weighted by Gasteiger charge is -2.27. The van der Waals surface area contributed by atoms with Crippen LogP contribution in [0.3, 0.4) is 0 Å². The summed E-state index contributed by atoms with van der Waals surface area (Å²) in [5, 5.41) is 14.3. The number of nitrogens with one attached hydrogen (secondary N) is 2. The third kappa shape index (κ3) is 4.52. The number of carboxylic acids is 1. The monoisotopic (exact) mass is 298 g/mol. The molecule has 0 aliphatic rings. The molecule has 0 spiro atoms. The molecule has 0 bridgehead atoms. The molecule has 0 aliphatic heterocycles. The number of hydrogen-bond donors (Lipinski definition) is 3. The zero-order valence-electron chi connectivity index (χ0n) is 12.5. The topological polar surface area (TPSA) is 78.4 Å². The largest absolute Gasteiger partial charge is 0.480 e. The number of carboxylic acid groups (broad SMARTS) is 1. The van der Waals surface area contributed by atoms with Crippen LogP contribution in [0, 0.1) is 19.3 Å². The van der Waals surface area contributed by atoms with Gasteiger partial charge in [0.05, 0.1) is 6.54 Å². The van der Waals surface area contributed by atoms with Crippen LogP contribution in [0.2, 0.25) is 0 Å². The molecule has 1 aromatic rings. The number of amides is 2. The van der Waals surface area contributed by atoms with Gasteiger partial charge in [-0.25, -0.2) is 9.59 Å². The second-order valence-corrected chi connectivity index (χ2v) is 7.26. The zero-order chi connectivity index (χ0) is 15.5. The Morgan fingerprint density at radius 3 is 2.35 bits per heavy atom. The van der Waals surface area contributed by atoms with Crippen molar-refractivity contribution in [3.8, 4) is 0 Å². The van der Waals surface area contributed by atoms with Gasteiger partial charge in [-0.1, -0.05) is 20.8 Å². The van der Waals surface area contributed by atoms with Gasteiger partial charge in [0.1, 0.15) is 6.04 Å². The molecule has 0 fully saturated rings. The molecule has 1 atom stereocenters. The van der Waals surface area contributed by atoms with Crippen LogP contribution in [0.25, 0.3) is 0 Å². The molecule has 1 unspecified atom stereocenters. The summed E-state index contributed by atoms with van der Waals surface area (Å²) >= 11 is 1.63. The molecule has 1 heterocycles. The Labute approximate surface area is 123 Å². The maximum Gasteiger partial charge on any atom is 0.326 e. The summed E-state index contributed by atoms with van der Waals surface area (Å²) in [5.74, 6) is -1.03. The molecule has 5 nitrogen and oxygen atoms in total. The lowest BCUT2D eigenvalue weighted by atomic mass is 9.87. The van der Waals surface area contributed by atoms with Crippen molar-refractivity contribution < 1.29 is 14.7 Å². The van der Waals surface area contributed by atoms with Crippen LogP contribution in [0.4, 0.5) is 4.79 Å². The normalized spacial score (nSPS) is 12.8. The molecule has 0 radical (unpaired) electrons. The lowest BCUT2D eigenvalue weighted by Crippen LogP contribution is -2.52. The first-order chi connectivity index (χ1) is 9.11. The Morgan fingerprint density at radius 2 is 1.95 bits per heavy atom. The van der Waals surface area contributed by atoms with E-state index in [1.54, 1.807) is 32.1 Å². The summed E-state index contributed by atoms with van der Waals surface area (Å²) in [7, 11) is 0. The first-order valence-corrected chi connectivity index (χ1v) is 7.26. The van der Waals surface area contributed by atoms with Crippen LogP contribution in [-0.2, 0) is 11.3 Å². The minimum absolute atomic E-state index is 0.404. The molecular formula is C14H22N2O3S. The van der Waals surface area contributed by atoms with E-state index in [1.165, 1.54) is 10.4 Å².